The van der Waals surface area contributed by atoms with Crippen LogP contribution in [0, 0.1) is 5.92 Å². The van der Waals surface area contributed by atoms with Gasteiger partial charge in [-0.25, -0.2) is 0 Å². The molecule has 3 nitrogen and oxygen atoms in total. The number of thioether (sulfide) groups is 1. The van der Waals surface area contributed by atoms with E-state index >= 15 is 0 Å². The second-order valence-electron chi connectivity index (χ2n) is 2.81. The van der Waals surface area contributed by atoms with Crippen LogP contribution in [-0.4, -0.2) is 35.8 Å². The lowest BCUT2D eigenvalue weighted by Crippen LogP contribution is -2.16. The van der Waals surface area contributed by atoms with Crippen molar-refractivity contribution >= 4 is 17.7 Å². The number of ether oxygens (including phenoxy) is 1. The number of aliphatic hydroxyl groups is 1. The molecule has 0 aliphatic heterocycles. The molecule has 0 aromatic heterocycles. The van der Waals surface area contributed by atoms with Crippen molar-refractivity contribution in [3.05, 3.63) is 0 Å². The predicted octanol–water partition coefficient (Wildman–Crippen LogP) is 0.909. The molecule has 2 atom stereocenters. The number of hydrogen-bond acceptors (Lipinski definition) is 4. The highest BCUT2D eigenvalue weighted by Crippen LogP contribution is 2.10. The molecule has 12 heavy (non-hydrogen) atoms. The van der Waals surface area contributed by atoms with E-state index in [2.05, 4.69) is 4.74 Å². The lowest BCUT2D eigenvalue weighted by atomic mass is 10.2. The summed E-state index contributed by atoms with van der Waals surface area (Å²) in [5.41, 5.74) is 0. The van der Waals surface area contributed by atoms with Crippen LogP contribution in [0.1, 0.15) is 13.8 Å². The van der Waals surface area contributed by atoms with Gasteiger partial charge in [-0.15, -0.1) is 0 Å². The summed E-state index contributed by atoms with van der Waals surface area (Å²) in [5.74, 6) is 1.10. The summed E-state index contributed by atoms with van der Waals surface area (Å²) in [6, 6.07) is 0. The van der Waals surface area contributed by atoms with Gasteiger partial charge < -0.3 is 9.84 Å². The molecule has 0 saturated heterocycles. The number of aliphatic hydroxyl groups excluding tert-OH is 1. The first-order valence-corrected chi connectivity index (χ1v) is 5.07. The van der Waals surface area contributed by atoms with E-state index in [1.54, 1.807) is 18.7 Å². The molecule has 72 valence electrons. The van der Waals surface area contributed by atoms with E-state index in [-0.39, 0.29) is 18.0 Å². The molecule has 0 spiro atoms. The molecule has 0 aliphatic rings. The second-order valence-corrected chi connectivity index (χ2v) is 3.89. The molecule has 0 heterocycles. The van der Waals surface area contributed by atoms with E-state index < -0.39 is 0 Å². The van der Waals surface area contributed by atoms with E-state index in [4.69, 9.17) is 5.11 Å². The molecular weight excluding hydrogens is 176 g/mol. The molecule has 0 bridgehead atoms. The summed E-state index contributed by atoms with van der Waals surface area (Å²) in [5, 5.41) is 8.92. The standard InChI is InChI=1S/C8H16O3S/c1-6(8(10)11-3)4-12-5-7(2)9/h6-7,9H,4-5H2,1-3H3. The molecule has 4 heteroatoms. The van der Waals surface area contributed by atoms with Gasteiger partial charge in [0.1, 0.15) is 0 Å². The number of methoxy groups -OCH3 is 1. The Kier molecular flexibility index (Phi) is 6.20. The lowest BCUT2D eigenvalue weighted by molar-refractivity contribution is -0.143. The van der Waals surface area contributed by atoms with Crippen molar-refractivity contribution < 1.29 is 14.6 Å². The zero-order valence-corrected chi connectivity index (χ0v) is 8.56. The fourth-order valence-corrected chi connectivity index (χ4v) is 1.65. The maximum atomic E-state index is 10.9. The highest BCUT2D eigenvalue weighted by atomic mass is 32.2. The van der Waals surface area contributed by atoms with E-state index in [9.17, 15) is 4.79 Å². The molecule has 1 N–H and O–H groups in total. The van der Waals surface area contributed by atoms with Crippen LogP contribution in [0.4, 0.5) is 0 Å². The highest BCUT2D eigenvalue weighted by molar-refractivity contribution is 7.99. The maximum Gasteiger partial charge on any atom is 0.309 e. The fourth-order valence-electron chi connectivity index (χ4n) is 0.685. The average molecular weight is 192 g/mol. The van der Waals surface area contributed by atoms with Crippen LogP contribution in [0.3, 0.4) is 0 Å². The minimum absolute atomic E-state index is 0.0845. The van der Waals surface area contributed by atoms with Gasteiger partial charge in [0, 0.05) is 11.5 Å². The summed E-state index contributed by atoms with van der Waals surface area (Å²) in [7, 11) is 1.39. The van der Waals surface area contributed by atoms with Gasteiger partial charge in [-0.1, -0.05) is 6.92 Å². The van der Waals surface area contributed by atoms with Crippen molar-refractivity contribution in [1.82, 2.24) is 0 Å². The third kappa shape index (κ3) is 5.43. The van der Waals surface area contributed by atoms with Gasteiger partial charge in [-0.05, 0) is 6.92 Å². The minimum Gasteiger partial charge on any atom is -0.469 e. The Hall–Kier alpha value is -0.220. The van der Waals surface area contributed by atoms with Gasteiger partial charge in [0.2, 0.25) is 0 Å². The number of hydrogen-bond donors (Lipinski definition) is 1. The minimum atomic E-state index is -0.306. The smallest absolute Gasteiger partial charge is 0.309 e. The van der Waals surface area contributed by atoms with Crippen molar-refractivity contribution in [2.75, 3.05) is 18.6 Å². The van der Waals surface area contributed by atoms with Crippen molar-refractivity contribution in [2.45, 2.75) is 20.0 Å². The van der Waals surface area contributed by atoms with Crippen molar-refractivity contribution in [1.29, 1.82) is 0 Å². The zero-order chi connectivity index (χ0) is 9.56. The summed E-state index contributed by atoms with van der Waals surface area (Å²) >= 11 is 1.56. The van der Waals surface area contributed by atoms with E-state index in [0.29, 0.717) is 11.5 Å². The molecule has 0 radical (unpaired) electrons. The Labute approximate surface area is 77.5 Å². The normalized spacial score (nSPS) is 15.3. The first kappa shape index (κ1) is 11.8. The molecule has 0 rings (SSSR count). The second kappa shape index (κ2) is 6.31. The number of rotatable bonds is 5. The SMILES string of the molecule is COC(=O)C(C)CSCC(C)O. The Balaban J connectivity index is 3.43. The Morgan fingerprint density at radius 1 is 1.50 bits per heavy atom. The van der Waals surface area contributed by atoms with Crippen molar-refractivity contribution in [2.24, 2.45) is 5.92 Å². The molecule has 0 aromatic rings. The van der Waals surface area contributed by atoms with E-state index in [0.717, 1.165) is 0 Å². The zero-order valence-electron chi connectivity index (χ0n) is 7.74. The monoisotopic (exact) mass is 192 g/mol. The Morgan fingerprint density at radius 3 is 2.50 bits per heavy atom. The summed E-state index contributed by atoms with van der Waals surface area (Å²) in [6.07, 6.45) is -0.306. The summed E-state index contributed by atoms with van der Waals surface area (Å²) in [4.78, 5) is 10.9. The van der Waals surface area contributed by atoms with Crippen LogP contribution < -0.4 is 0 Å². The highest BCUT2D eigenvalue weighted by Gasteiger charge is 2.12. The molecule has 2 unspecified atom stereocenters. The van der Waals surface area contributed by atoms with Crippen LogP contribution in [-0.2, 0) is 9.53 Å². The van der Waals surface area contributed by atoms with Gasteiger partial charge in [0.25, 0.3) is 0 Å². The maximum absolute atomic E-state index is 10.9. The van der Waals surface area contributed by atoms with Gasteiger partial charge in [-0.2, -0.15) is 11.8 Å². The van der Waals surface area contributed by atoms with Crippen LogP contribution >= 0.6 is 11.8 Å². The molecule has 0 aromatic carbocycles. The Bertz CT molecular complexity index is 136. The Morgan fingerprint density at radius 2 is 2.08 bits per heavy atom. The molecule has 0 saturated carbocycles. The molecule has 0 fully saturated rings. The average Bonchev–Trinajstić information content (AvgIpc) is 2.02. The lowest BCUT2D eigenvalue weighted by Gasteiger charge is -2.09. The third-order valence-electron chi connectivity index (χ3n) is 1.33. The third-order valence-corrected chi connectivity index (χ3v) is 2.78. The first-order valence-electron chi connectivity index (χ1n) is 3.91. The molecular formula is C8H16O3S. The number of carbonyl (C=O) groups is 1. The van der Waals surface area contributed by atoms with Gasteiger partial charge in [-0.3, -0.25) is 4.79 Å². The topological polar surface area (TPSA) is 46.5 Å². The van der Waals surface area contributed by atoms with E-state index in [1.165, 1.54) is 7.11 Å². The quantitative estimate of drug-likeness (QED) is 0.658. The van der Waals surface area contributed by atoms with Gasteiger partial charge >= 0.3 is 5.97 Å². The summed E-state index contributed by atoms with van der Waals surface area (Å²) < 4.78 is 4.55. The van der Waals surface area contributed by atoms with Crippen molar-refractivity contribution in [3.63, 3.8) is 0 Å². The van der Waals surface area contributed by atoms with Crippen LogP contribution in [0.15, 0.2) is 0 Å². The van der Waals surface area contributed by atoms with Crippen molar-refractivity contribution in [3.8, 4) is 0 Å². The number of esters is 1. The van der Waals surface area contributed by atoms with Crippen LogP contribution in [0.25, 0.3) is 0 Å². The molecule has 0 amide bonds. The molecule has 0 aliphatic carbocycles. The first-order chi connectivity index (χ1) is 5.57. The van der Waals surface area contributed by atoms with Gasteiger partial charge in [0.15, 0.2) is 0 Å². The summed E-state index contributed by atoms with van der Waals surface area (Å²) in [6.45, 7) is 3.55. The van der Waals surface area contributed by atoms with Gasteiger partial charge in [0.05, 0.1) is 19.1 Å². The fraction of sp³-hybridized carbons (Fsp3) is 0.875. The van der Waals surface area contributed by atoms with Crippen LogP contribution in [0.2, 0.25) is 0 Å². The van der Waals surface area contributed by atoms with Crippen LogP contribution in [0.5, 0.6) is 0 Å². The largest absolute Gasteiger partial charge is 0.469 e. The predicted molar refractivity (Wildman–Crippen MR) is 50.2 cm³/mol. The van der Waals surface area contributed by atoms with E-state index in [1.807, 2.05) is 6.92 Å². The number of carbonyl (C=O) groups excluding carboxylic acids is 1.